The van der Waals surface area contributed by atoms with E-state index < -0.39 is 9.84 Å². The van der Waals surface area contributed by atoms with E-state index in [0.717, 1.165) is 31.9 Å². The van der Waals surface area contributed by atoms with Crippen LogP contribution in [-0.4, -0.2) is 70.1 Å². The molecule has 122 valence electrons. The molecule has 0 saturated carbocycles. The molecule has 0 atom stereocenters. The summed E-state index contributed by atoms with van der Waals surface area (Å²) in [6, 6.07) is 0.446. The largest absolute Gasteiger partial charge is 0.355 e. The molecule has 0 aromatic carbocycles. The lowest BCUT2D eigenvalue weighted by molar-refractivity contribution is 0.299. The molecule has 1 saturated heterocycles. The molecule has 0 bridgehead atoms. The van der Waals surface area contributed by atoms with Crippen LogP contribution in [0.3, 0.4) is 0 Å². The highest BCUT2D eigenvalue weighted by Gasteiger charge is 2.21. The lowest BCUT2D eigenvalue weighted by Gasteiger charge is -2.27. The van der Waals surface area contributed by atoms with Gasteiger partial charge in [-0.2, -0.15) is 0 Å². The van der Waals surface area contributed by atoms with Gasteiger partial charge in [0.1, 0.15) is 0 Å². The molecular weight excluding hydrogens is 403 g/mol. The lowest BCUT2D eigenvalue weighted by atomic mass is 10.2. The first kappa shape index (κ1) is 18.7. The Hall–Kier alpha value is -0.350. The Morgan fingerprint density at radius 2 is 1.90 bits per heavy atom. The number of hydrogen-bond donors (Lipinski definition) is 2. The Labute approximate surface area is 144 Å². The van der Waals surface area contributed by atoms with Gasteiger partial charge in [0.15, 0.2) is 15.8 Å². The van der Waals surface area contributed by atoms with Gasteiger partial charge in [-0.05, 0) is 12.8 Å². The Kier molecular flexibility index (Phi) is 7.96. The fourth-order valence-electron chi connectivity index (χ4n) is 2.43. The summed E-state index contributed by atoms with van der Waals surface area (Å²) in [4.78, 5) is 6.39. The van der Waals surface area contributed by atoms with E-state index in [1.54, 1.807) is 7.05 Å². The van der Waals surface area contributed by atoms with Gasteiger partial charge in [-0.3, -0.25) is 9.89 Å². The third kappa shape index (κ3) is 6.52. The van der Waals surface area contributed by atoms with E-state index in [2.05, 4.69) is 32.7 Å². The molecule has 0 aromatic rings. The monoisotopic (exact) mass is 428 g/mol. The molecule has 6 nitrogen and oxygen atoms in total. The molecule has 0 spiro atoms. The standard InChI is InChI=1S/C13H24N4O2S.HI/c1-14-13(16-12-4-2-3-5-12)15-6-7-17-8-10-20(18,19)11-9-17;/h2-3,12H,4-11H2,1H3,(H2,14,15,16);1H. The summed E-state index contributed by atoms with van der Waals surface area (Å²) in [5.74, 6) is 1.39. The van der Waals surface area contributed by atoms with Crippen molar-refractivity contribution in [3.05, 3.63) is 12.2 Å². The van der Waals surface area contributed by atoms with Crippen molar-refractivity contribution >= 4 is 39.8 Å². The molecule has 21 heavy (non-hydrogen) atoms. The van der Waals surface area contributed by atoms with Crippen molar-refractivity contribution in [2.24, 2.45) is 4.99 Å². The molecule has 1 heterocycles. The van der Waals surface area contributed by atoms with Crippen molar-refractivity contribution in [1.29, 1.82) is 0 Å². The number of aliphatic imine (C=N–C) groups is 1. The van der Waals surface area contributed by atoms with Crippen LogP contribution in [0.4, 0.5) is 0 Å². The van der Waals surface area contributed by atoms with Crippen LogP contribution in [0.2, 0.25) is 0 Å². The van der Waals surface area contributed by atoms with E-state index in [9.17, 15) is 8.42 Å². The molecule has 1 aliphatic carbocycles. The maximum atomic E-state index is 11.3. The molecule has 2 rings (SSSR count). The minimum Gasteiger partial charge on any atom is -0.355 e. The smallest absolute Gasteiger partial charge is 0.191 e. The number of halogens is 1. The molecule has 2 N–H and O–H groups in total. The quantitative estimate of drug-likeness (QED) is 0.290. The van der Waals surface area contributed by atoms with Crippen molar-refractivity contribution in [1.82, 2.24) is 15.5 Å². The van der Waals surface area contributed by atoms with Crippen LogP contribution >= 0.6 is 24.0 Å². The third-order valence-corrected chi connectivity index (χ3v) is 5.34. The number of sulfone groups is 1. The fourth-order valence-corrected chi connectivity index (χ4v) is 3.71. The SMILES string of the molecule is CN=C(NCCN1CCS(=O)(=O)CC1)NC1CC=CC1.I. The molecule has 0 amide bonds. The maximum absolute atomic E-state index is 11.3. The van der Waals surface area contributed by atoms with E-state index >= 15 is 0 Å². The Morgan fingerprint density at radius 1 is 1.29 bits per heavy atom. The molecule has 0 unspecified atom stereocenters. The zero-order valence-electron chi connectivity index (χ0n) is 12.4. The molecular formula is C13H25IN4O2S. The first-order valence-electron chi connectivity index (χ1n) is 7.14. The summed E-state index contributed by atoms with van der Waals surface area (Å²) in [6.07, 6.45) is 6.45. The van der Waals surface area contributed by atoms with Crippen molar-refractivity contribution in [2.45, 2.75) is 18.9 Å². The summed E-state index contributed by atoms with van der Waals surface area (Å²) in [7, 11) is -1.01. The van der Waals surface area contributed by atoms with Gasteiger partial charge >= 0.3 is 0 Å². The van der Waals surface area contributed by atoms with Gasteiger partial charge in [0.05, 0.1) is 11.5 Å². The minimum absolute atomic E-state index is 0. The molecule has 0 radical (unpaired) electrons. The Balaban J connectivity index is 0.00000220. The Morgan fingerprint density at radius 3 is 2.48 bits per heavy atom. The molecule has 2 aliphatic rings. The van der Waals surface area contributed by atoms with E-state index in [4.69, 9.17) is 0 Å². The van der Waals surface area contributed by atoms with Gasteiger partial charge in [0.25, 0.3) is 0 Å². The van der Waals surface area contributed by atoms with Gasteiger partial charge < -0.3 is 10.6 Å². The predicted molar refractivity (Wildman–Crippen MR) is 97.2 cm³/mol. The summed E-state index contributed by atoms with van der Waals surface area (Å²) in [5.41, 5.74) is 0. The second kappa shape index (κ2) is 8.94. The van der Waals surface area contributed by atoms with Crippen LogP contribution in [0.5, 0.6) is 0 Å². The summed E-state index contributed by atoms with van der Waals surface area (Å²) >= 11 is 0. The van der Waals surface area contributed by atoms with E-state index in [1.807, 2.05) is 0 Å². The van der Waals surface area contributed by atoms with Crippen molar-refractivity contribution in [3.8, 4) is 0 Å². The van der Waals surface area contributed by atoms with Crippen LogP contribution in [0, 0.1) is 0 Å². The summed E-state index contributed by atoms with van der Waals surface area (Å²) in [5, 5.41) is 6.66. The van der Waals surface area contributed by atoms with Crippen LogP contribution in [0.1, 0.15) is 12.8 Å². The number of hydrogen-bond acceptors (Lipinski definition) is 4. The first-order chi connectivity index (χ1) is 9.59. The number of nitrogens with one attached hydrogen (secondary N) is 2. The van der Waals surface area contributed by atoms with Gasteiger partial charge in [-0.1, -0.05) is 12.2 Å². The number of rotatable bonds is 4. The molecule has 1 aliphatic heterocycles. The first-order valence-corrected chi connectivity index (χ1v) is 8.96. The van der Waals surface area contributed by atoms with Crippen molar-refractivity contribution in [2.75, 3.05) is 44.7 Å². The Bertz CT molecular complexity index is 457. The topological polar surface area (TPSA) is 73.8 Å². The van der Waals surface area contributed by atoms with Crippen LogP contribution in [0.15, 0.2) is 17.1 Å². The molecule has 1 fully saturated rings. The van der Waals surface area contributed by atoms with E-state index in [-0.39, 0.29) is 35.5 Å². The van der Waals surface area contributed by atoms with Crippen LogP contribution < -0.4 is 10.6 Å². The highest BCUT2D eigenvalue weighted by atomic mass is 127. The zero-order valence-corrected chi connectivity index (χ0v) is 15.6. The second-order valence-corrected chi connectivity index (χ2v) is 7.58. The minimum atomic E-state index is -2.78. The maximum Gasteiger partial charge on any atom is 0.191 e. The van der Waals surface area contributed by atoms with Gasteiger partial charge in [0, 0.05) is 39.3 Å². The highest BCUT2D eigenvalue weighted by Crippen LogP contribution is 2.08. The lowest BCUT2D eigenvalue weighted by Crippen LogP contribution is -2.47. The van der Waals surface area contributed by atoms with Gasteiger partial charge in [-0.25, -0.2) is 8.42 Å². The number of guanidine groups is 1. The summed E-state index contributed by atoms with van der Waals surface area (Å²) in [6.45, 7) is 2.91. The van der Waals surface area contributed by atoms with Gasteiger partial charge in [-0.15, -0.1) is 24.0 Å². The molecule has 8 heteroatoms. The fraction of sp³-hybridized carbons (Fsp3) is 0.769. The van der Waals surface area contributed by atoms with E-state index in [0.29, 0.717) is 19.1 Å². The normalized spacial score (nSPS) is 22.8. The van der Waals surface area contributed by atoms with Crippen LogP contribution in [-0.2, 0) is 9.84 Å². The second-order valence-electron chi connectivity index (χ2n) is 5.28. The van der Waals surface area contributed by atoms with Crippen molar-refractivity contribution < 1.29 is 8.42 Å². The average molecular weight is 428 g/mol. The average Bonchev–Trinajstić information content (AvgIpc) is 2.92. The number of nitrogens with zero attached hydrogens (tertiary/aromatic N) is 2. The zero-order chi connectivity index (χ0) is 14.4. The summed E-state index contributed by atoms with van der Waals surface area (Å²) < 4.78 is 22.7. The van der Waals surface area contributed by atoms with E-state index in [1.165, 1.54) is 0 Å². The highest BCUT2D eigenvalue weighted by molar-refractivity contribution is 14.0. The molecule has 0 aromatic heterocycles. The van der Waals surface area contributed by atoms with Gasteiger partial charge in [0.2, 0.25) is 0 Å². The van der Waals surface area contributed by atoms with Crippen molar-refractivity contribution in [3.63, 3.8) is 0 Å². The third-order valence-electron chi connectivity index (χ3n) is 3.73. The van der Waals surface area contributed by atoms with Crippen LogP contribution in [0.25, 0.3) is 0 Å². The predicted octanol–water partition coefficient (Wildman–Crippen LogP) is 0.218.